The number of ether oxygens (including phenoxy) is 2. The summed E-state index contributed by atoms with van der Waals surface area (Å²) < 4.78 is 11.7. The normalized spacial score (nSPS) is 16.4. The molecule has 0 unspecified atom stereocenters. The molecular weight excluding hydrogens is 312 g/mol. The summed E-state index contributed by atoms with van der Waals surface area (Å²) in [5, 5.41) is 0. The molecule has 1 aliphatic heterocycles. The van der Waals surface area contributed by atoms with E-state index in [9.17, 15) is 4.79 Å². The molecule has 1 heterocycles. The van der Waals surface area contributed by atoms with E-state index in [0.29, 0.717) is 24.9 Å². The van der Waals surface area contributed by atoms with Gasteiger partial charge in [0.15, 0.2) is 0 Å². The van der Waals surface area contributed by atoms with Crippen molar-refractivity contribution in [2.45, 2.75) is 98.4 Å². The highest BCUT2D eigenvalue weighted by Crippen LogP contribution is 2.43. The zero-order valence-electron chi connectivity index (χ0n) is 17.4. The van der Waals surface area contributed by atoms with Crippen molar-refractivity contribution in [3.05, 3.63) is 33.9 Å². The van der Waals surface area contributed by atoms with Crippen LogP contribution < -0.4 is 0 Å². The Morgan fingerprint density at radius 1 is 1.20 bits per heavy atom. The second-order valence-electron chi connectivity index (χ2n) is 9.26. The van der Waals surface area contributed by atoms with Crippen molar-refractivity contribution in [1.82, 2.24) is 0 Å². The third kappa shape index (κ3) is 4.25. The first-order chi connectivity index (χ1) is 11.3. The second-order valence-corrected chi connectivity index (χ2v) is 9.26. The average molecular weight is 347 g/mol. The van der Waals surface area contributed by atoms with Crippen LogP contribution in [0.1, 0.15) is 102 Å². The fourth-order valence-corrected chi connectivity index (χ4v) is 3.77. The van der Waals surface area contributed by atoms with Gasteiger partial charge in [-0.05, 0) is 74.3 Å². The highest BCUT2D eigenvalue weighted by molar-refractivity contribution is 5.75. The molecule has 1 aromatic carbocycles. The first kappa shape index (κ1) is 20.0. The van der Waals surface area contributed by atoms with Crippen molar-refractivity contribution < 1.29 is 14.3 Å². The summed E-state index contributed by atoms with van der Waals surface area (Å²) in [4.78, 5) is 12.6. The molecule has 0 spiro atoms. The van der Waals surface area contributed by atoms with E-state index >= 15 is 0 Å². The predicted octanol–water partition coefficient (Wildman–Crippen LogP) is 5.58. The van der Waals surface area contributed by atoms with Crippen molar-refractivity contribution in [2.24, 2.45) is 0 Å². The van der Waals surface area contributed by atoms with E-state index in [2.05, 4.69) is 47.6 Å². The highest BCUT2D eigenvalue weighted by Gasteiger charge is 2.36. The van der Waals surface area contributed by atoms with Crippen molar-refractivity contribution in [2.75, 3.05) is 0 Å². The third-order valence-corrected chi connectivity index (χ3v) is 4.79. The monoisotopic (exact) mass is 346 g/mol. The largest absolute Gasteiger partial charge is 0.460 e. The minimum absolute atomic E-state index is 0.158. The molecule has 1 aliphatic rings. The summed E-state index contributed by atoms with van der Waals surface area (Å²) >= 11 is 0. The maximum atomic E-state index is 12.6. The van der Waals surface area contributed by atoms with Crippen LogP contribution in [-0.4, -0.2) is 11.6 Å². The lowest BCUT2D eigenvalue weighted by Gasteiger charge is -2.26. The Kier molecular flexibility index (Phi) is 5.39. The molecule has 0 atom stereocenters. The zero-order valence-corrected chi connectivity index (χ0v) is 17.4. The van der Waals surface area contributed by atoms with E-state index in [4.69, 9.17) is 9.47 Å². The molecule has 0 saturated carbocycles. The number of esters is 1. The summed E-state index contributed by atoms with van der Waals surface area (Å²) in [6, 6.07) is 2.26. The van der Waals surface area contributed by atoms with Gasteiger partial charge in [-0.1, -0.05) is 33.8 Å². The molecule has 0 fully saturated rings. The van der Waals surface area contributed by atoms with E-state index in [-0.39, 0.29) is 11.6 Å². The molecular formula is C22H34O3. The minimum Gasteiger partial charge on any atom is -0.460 e. The quantitative estimate of drug-likeness (QED) is 0.667. The van der Waals surface area contributed by atoms with Crippen LogP contribution in [0, 0.1) is 0 Å². The van der Waals surface area contributed by atoms with Crippen LogP contribution in [0.3, 0.4) is 0 Å². The lowest BCUT2D eigenvalue weighted by atomic mass is 9.79. The Morgan fingerprint density at radius 3 is 2.28 bits per heavy atom. The van der Waals surface area contributed by atoms with Crippen LogP contribution in [0.25, 0.3) is 0 Å². The number of rotatable bonds is 4. The molecule has 140 valence electrons. The Balaban J connectivity index is 2.60. The number of benzene rings is 1. The first-order valence-electron chi connectivity index (χ1n) is 9.38. The van der Waals surface area contributed by atoms with Crippen molar-refractivity contribution in [3.8, 4) is 0 Å². The number of fused-ring (bicyclic) bond motifs is 1. The van der Waals surface area contributed by atoms with Crippen molar-refractivity contribution in [3.63, 3.8) is 0 Å². The first-order valence-corrected chi connectivity index (χ1v) is 9.38. The summed E-state index contributed by atoms with van der Waals surface area (Å²) in [6.45, 7) is 19.4. The van der Waals surface area contributed by atoms with Gasteiger partial charge in [0.05, 0.1) is 18.6 Å². The molecule has 2 rings (SSSR count). The van der Waals surface area contributed by atoms with Gasteiger partial charge in [0.1, 0.15) is 5.60 Å². The van der Waals surface area contributed by atoms with Crippen molar-refractivity contribution in [1.29, 1.82) is 0 Å². The van der Waals surface area contributed by atoms with Crippen LogP contribution in [0.5, 0.6) is 0 Å². The Bertz CT molecular complexity index is 661. The van der Waals surface area contributed by atoms with E-state index in [0.717, 1.165) is 5.56 Å². The maximum absolute atomic E-state index is 12.6. The van der Waals surface area contributed by atoms with Crippen LogP contribution in [0.15, 0.2) is 6.07 Å². The second kappa shape index (κ2) is 6.75. The molecule has 3 nitrogen and oxygen atoms in total. The van der Waals surface area contributed by atoms with Gasteiger partial charge in [0, 0.05) is 0 Å². The van der Waals surface area contributed by atoms with Crippen LogP contribution in [0.4, 0.5) is 0 Å². The van der Waals surface area contributed by atoms with Gasteiger partial charge in [-0.15, -0.1) is 0 Å². The fourth-order valence-electron chi connectivity index (χ4n) is 3.77. The topological polar surface area (TPSA) is 35.5 Å². The Labute approximate surface area is 153 Å². The molecule has 3 heteroatoms. The standard InChI is InChI=1S/C22H34O3/c1-13(2)15-10-18-17(12-24-22(18,8)9)20(14(3)4)16(15)11-19(23)25-21(5,6)7/h10,13-14H,11-12H2,1-9H3. The van der Waals surface area contributed by atoms with Gasteiger partial charge >= 0.3 is 5.97 Å². The van der Waals surface area contributed by atoms with Crippen LogP contribution >= 0.6 is 0 Å². The number of hydrogen-bond donors (Lipinski definition) is 0. The molecule has 1 aromatic rings. The lowest BCUT2D eigenvalue weighted by Crippen LogP contribution is -2.26. The molecule has 0 saturated heterocycles. The van der Waals surface area contributed by atoms with Crippen LogP contribution in [-0.2, 0) is 32.9 Å². The zero-order chi connectivity index (χ0) is 19.2. The van der Waals surface area contributed by atoms with E-state index < -0.39 is 5.60 Å². The summed E-state index contributed by atoms with van der Waals surface area (Å²) in [5.74, 6) is 0.522. The van der Waals surface area contributed by atoms with Crippen molar-refractivity contribution >= 4 is 5.97 Å². The average Bonchev–Trinajstić information content (AvgIpc) is 2.70. The van der Waals surface area contributed by atoms with Gasteiger partial charge in [-0.25, -0.2) is 0 Å². The van der Waals surface area contributed by atoms with Gasteiger partial charge in [0.25, 0.3) is 0 Å². The predicted molar refractivity (Wildman–Crippen MR) is 102 cm³/mol. The third-order valence-electron chi connectivity index (χ3n) is 4.79. The summed E-state index contributed by atoms with van der Waals surface area (Å²) in [7, 11) is 0. The van der Waals surface area contributed by atoms with Gasteiger partial charge in [-0.2, -0.15) is 0 Å². The van der Waals surface area contributed by atoms with Gasteiger partial charge in [0.2, 0.25) is 0 Å². The molecule has 0 aromatic heterocycles. The minimum atomic E-state index is -0.463. The molecule has 0 aliphatic carbocycles. The number of carbonyl (C=O) groups excluding carboxylic acids is 1. The Morgan fingerprint density at radius 2 is 1.80 bits per heavy atom. The fraction of sp³-hybridized carbons (Fsp3) is 0.682. The number of carbonyl (C=O) groups is 1. The molecule has 25 heavy (non-hydrogen) atoms. The van der Waals surface area contributed by atoms with E-state index in [1.807, 2.05) is 20.8 Å². The Hall–Kier alpha value is -1.35. The highest BCUT2D eigenvalue weighted by atomic mass is 16.6. The molecule has 0 N–H and O–H groups in total. The maximum Gasteiger partial charge on any atom is 0.310 e. The number of hydrogen-bond acceptors (Lipinski definition) is 3. The summed E-state index contributed by atoms with van der Waals surface area (Å²) in [6.07, 6.45) is 0.325. The molecule has 0 radical (unpaired) electrons. The van der Waals surface area contributed by atoms with E-state index in [1.54, 1.807) is 0 Å². The smallest absolute Gasteiger partial charge is 0.310 e. The van der Waals surface area contributed by atoms with E-state index in [1.165, 1.54) is 22.3 Å². The SMILES string of the molecule is CC(C)c1cc2c(c(C(C)C)c1CC(=O)OC(C)(C)C)COC2(C)C. The van der Waals surface area contributed by atoms with Crippen LogP contribution in [0.2, 0.25) is 0 Å². The molecule has 0 amide bonds. The van der Waals surface area contributed by atoms with Gasteiger partial charge < -0.3 is 9.47 Å². The molecule has 0 bridgehead atoms. The van der Waals surface area contributed by atoms with Gasteiger partial charge in [-0.3, -0.25) is 4.79 Å². The summed E-state index contributed by atoms with van der Waals surface area (Å²) in [5.41, 5.74) is 5.46. The lowest BCUT2D eigenvalue weighted by molar-refractivity contribution is -0.153.